The smallest absolute Gasteiger partial charge is 0.356 e. The van der Waals surface area contributed by atoms with E-state index in [1.165, 1.54) is 6.33 Å². The maximum Gasteiger partial charge on any atom is 0.356 e. The number of carboxylic acid groups (broad SMARTS) is 1. The third kappa shape index (κ3) is 2.71. The molecule has 1 aromatic carbocycles. The van der Waals surface area contributed by atoms with Crippen LogP contribution in [0.5, 0.6) is 0 Å². The Labute approximate surface area is 110 Å². The van der Waals surface area contributed by atoms with Gasteiger partial charge in [0.1, 0.15) is 0 Å². The quantitative estimate of drug-likeness (QED) is 0.923. The topological polar surface area (TPSA) is 55.1 Å². The monoisotopic (exact) mass is 264 g/mol. The zero-order valence-electron chi connectivity index (χ0n) is 9.93. The maximum atomic E-state index is 11.0. The third-order valence-electron chi connectivity index (χ3n) is 2.80. The lowest BCUT2D eigenvalue weighted by Gasteiger charge is -2.05. The van der Waals surface area contributed by atoms with Gasteiger partial charge in [-0.25, -0.2) is 9.78 Å². The van der Waals surface area contributed by atoms with Crippen molar-refractivity contribution in [3.8, 4) is 0 Å². The molecule has 0 aliphatic heterocycles. The van der Waals surface area contributed by atoms with E-state index in [1.807, 2.05) is 24.3 Å². The summed E-state index contributed by atoms with van der Waals surface area (Å²) in [5.41, 5.74) is 1.93. The van der Waals surface area contributed by atoms with Crippen molar-refractivity contribution >= 4 is 17.6 Å². The first-order valence-electron chi connectivity index (χ1n) is 5.56. The number of halogens is 1. The number of nitrogens with zero attached hydrogens (tertiary/aromatic N) is 2. The van der Waals surface area contributed by atoms with E-state index in [1.54, 1.807) is 11.6 Å². The molecule has 0 spiro atoms. The van der Waals surface area contributed by atoms with Crippen molar-refractivity contribution < 1.29 is 9.90 Å². The zero-order chi connectivity index (χ0) is 13.1. The highest BCUT2D eigenvalue weighted by Crippen LogP contribution is 2.14. The number of carbonyl (C=O) groups is 1. The minimum absolute atomic E-state index is 0.125. The van der Waals surface area contributed by atoms with Crippen LogP contribution in [0.2, 0.25) is 5.02 Å². The van der Waals surface area contributed by atoms with Crippen LogP contribution in [-0.2, 0) is 19.9 Å². The summed E-state index contributed by atoms with van der Waals surface area (Å²) < 4.78 is 1.74. The van der Waals surface area contributed by atoms with E-state index in [2.05, 4.69) is 4.98 Å². The summed E-state index contributed by atoms with van der Waals surface area (Å²) >= 11 is 5.91. The number of hydrogen-bond acceptors (Lipinski definition) is 2. The van der Waals surface area contributed by atoms with Crippen LogP contribution in [0.4, 0.5) is 0 Å². The molecule has 1 N–H and O–H groups in total. The molecular weight excluding hydrogens is 252 g/mol. The second kappa shape index (κ2) is 5.23. The van der Waals surface area contributed by atoms with Crippen molar-refractivity contribution in [2.24, 2.45) is 7.05 Å². The highest BCUT2D eigenvalue weighted by molar-refractivity contribution is 6.30. The van der Waals surface area contributed by atoms with Gasteiger partial charge in [-0.2, -0.15) is 0 Å². The fourth-order valence-electron chi connectivity index (χ4n) is 1.88. The summed E-state index contributed by atoms with van der Waals surface area (Å²) in [6, 6.07) is 7.57. The van der Waals surface area contributed by atoms with Crippen LogP contribution in [0.3, 0.4) is 0 Å². The number of benzene rings is 1. The van der Waals surface area contributed by atoms with E-state index in [4.69, 9.17) is 16.7 Å². The first-order chi connectivity index (χ1) is 8.58. The third-order valence-corrected chi connectivity index (χ3v) is 3.04. The Kier molecular flexibility index (Phi) is 3.67. The highest BCUT2D eigenvalue weighted by Gasteiger charge is 2.15. The van der Waals surface area contributed by atoms with Crippen LogP contribution in [-0.4, -0.2) is 20.6 Å². The van der Waals surface area contributed by atoms with Gasteiger partial charge < -0.3 is 9.67 Å². The zero-order valence-corrected chi connectivity index (χ0v) is 10.7. The average molecular weight is 265 g/mol. The first-order valence-corrected chi connectivity index (χ1v) is 5.93. The Morgan fingerprint density at radius 2 is 2.22 bits per heavy atom. The van der Waals surface area contributed by atoms with E-state index in [0.717, 1.165) is 17.7 Å². The molecule has 0 radical (unpaired) electrons. The van der Waals surface area contributed by atoms with E-state index in [9.17, 15) is 4.79 Å². The SMILES string of the molecule is Cn1cnc(C(=O)O)c1CCc1cccc(Cl)c1. The van der Waals surface area contributed by atoms with Gasteiger partial charge in [0.05, 0.1) is 12.0 Å². The molecule has 1 aromatic heterocycles. The van der Waals surface area contributed by atoms with Crippen LogP contribution < -0.4 is 0 Å². The van der Waals surface area contributed by atoms with Crippen LogP contribution >= 0.6 is 11.6 Å². The highest BCUT2D eigenvalue weighted by atomic mass is 35.5. The molecule has 18 heavy (non-hydrogen) atoms. The Morgan fingerprint density at radius 1 is 1.44 bits per heavy atom. The number of aryl methyl sites for hydroxylation is 2. The minimum Gasteiger partial charge on any atom is -0.476 e. The number of rotatable bonds is 4. The van der Waals surface area contributed by atoms with Crippen molar-refractivity contribution in [1.82, 2.24) is 9.55 Å². The fraction of sp³-hybridized carbons (Fsp3) is 0.231. The minimum atomic E-state index is -0.989. The van der Waals surface area contributed by atoms with Gasteiger partial charge in [-0.1, -0.05) is 23.7 Å². The summed E-state index contributed by atoms with van der Waals surface area (Å²) in [7, 11) is 1.80. The molecule has 0 bridgehead atoms. The molecule has 0 amide bonds. The molecule has 5 heteroatoms. The normalized spacial score (nSPS) is 10.6. The Bertz CT molecular complexity index is 578. The molecule has 1 heterocycles. The molecule has 0 saturated carbocycles. The van der Waals surface area contributed by atoms with Gasteiger partial charge in [0.2, 0.25) is 0 Å². The van der Waals surface area contributed by atoms with E-state index in [0.29, 0.717) is 11.4 Å². The lowest BCUT2D eigenvalue weighted by molar-refractivity contribution is 0.0689. The second-order valence-electron chi connectivity index (χ2n) is 4.09. The summed E-state index contributed by atoms with van der Waals surface area (Å²) in [5.74, 6) is -0.989. The van der Waals surface area contributed by atoms with Gasteiger partial charge in [0.25, 0.3) is 0 Å². The van der Waals surface area contributed by atoms with E-state index < -0.39 is 5.97 Å². The Morgan fingerprint density at radius 3 is 2.89 bits per heavy atom. The van der Waals surface area contributed by atoms with Crippen molar-refractivity contribution in [2.45, 2.75) is 12.8 Å². The van der Waals surface area contributed by atoms with Gasteiger partial charge in [0, 0.05) is 12.1 Å². The lowest BCUT2D eigenvalue weighted by Crippen LogP contribution is -2.06. The predicted octanol–water partition coefficient (Wildman–Crippen LogP) is 2.56. The number of hydrogen-bond donors (Lipinski definition) is 1. The van der Waals surface area contributed by atoms with Crippen molar-refractivity contribution in [3.05, 3.63) is 52.6 Å². The van der Waals surface area contributed by atoms with Crippen LogP contribution in [0, 0.1) is 0 Å². The molecule has 0 fully saturated rings. The summed E-state index contributed by atoms with van der Waals surface area (Å²) in [4.78, 5) is 14.9. The molecule has 0 atom stereocenters. The summed E-state index contributed by atoms with van der Waals surface area (Å²) in [6.07, 6.45) is 2.88. The Hall–Kier alpha value is -1.81. The number of aromatic nitrogens is 2. The number of aromatic carboxylic acids is 1. The van der Waals surface area contributed by atoms with Gasteiger partial charge in [-0.15, -0.1) is 0 Å². The van der Waals surface area contributed by atoms with Gasteiger partial charge in [-0.3, -0.25) is 0 Å². The van der Waals surface area contributed by atoms with Gasteiger partial charge in [-0.05, 0) is 30.5 Å². The molecule has 4 nitrogen and oxygen atoms in total. The maximum absolute atomic E-state index is 11.0. The number of carboxylic acids is 1. The lowest BCUT2D eigenvalue weighted by atomic mass is 10.1. The van der Waals surface area contributed by atoms with Crippen molar-refractivity contribution in [1.29, 1.82) is 0 Å². The second-order valence-corrected chi connectivity index (χ2v) is 4.52. The largest absolute Gasteiger partial charge is 0.476 e. The average Bonchev–Trinajstić information content (AvgIpc) is 2.68. The van der Waals surface area contributed by atoms with Crippen LogP contribution in [0.1, 0.15) is 21.7 Å². The van der Waals surface area contributed by atoms with Crippen LogP contribution in [0.25, 0.3) is 0 Å². The van der Waals surface area contributed by atoms with Crippen LogP contribution in [0.15, 0.2) is 30.6 Å². The van der Waals surface area contributed by atoms with Crippen molar-refractivity contribution in [3.63, 3.8) is 0 Å². The van der Waals surface area contributed by atoms with E-state index in [-0.39, 0.29) is 5.69 Å². The molecule has 2 aromatic rings. The first kappa shape index (κ1) is 12.6. The summed E-state index contributed by atoms with van der Waals surface area (Å²) in [5, 5.41) is 9.71. The van der Waals surface area contributed by atoms with E-state index >= 15 is 0 Å². The fourth-order valence-corrected chi connectivity index (χ4v) is 2.10. The van der Waals surface area contributed by atoms with Crippen molar-refractivity contribution in [2.75, 3.05) is 0 Å². The van der Waals surface area contributed by atoms with Gasteiger partial charge >= 0.3 is 5.97 Å². The molecule has 0 saturated heterocycles. The number of imidazole rings is 1. The summed E-state index contributed by atoms with van der Waals surface area (Å²) in [6.45, 7) is 0. The Balaban J connectivity index is 2.15. The molecular formula is C13H13ClN2O2. The standard InChI is InChI=1S/C13H13ClN2O2/c1-16-8-15-12(13(17)18)11(16)6-5-9-3-2-4-10(14)7-9/h2-4,7-8H,5-6H2,1H3,(H,17,18). The molecule has 94 valence electrons. The molecule has 0 unspecified atom stereocenters. The molecule has 2 rings (SSSR count). The molecule has 0 aliphatic rings. The van der Waals surface area contributed by atoms with Gasteiger partial charge in [0.15, 0.2) is 5.69 Å². The molecule has 0 aliphatic carbocycles. The predicted molar refractivity (Wildman–Crippen MR) is 69.0 cm³/mol.